The third-order valence-electron chi connectivity index (χ3n) is 4.02. The molecule has 0 amide bonds. The highest BCUT2D eigenvalue weighted by Gasteiger charge is 2.15. The van der Waals surface area contributed by atoms with Crippen LogP contribution >= 0.6 is 23.4 Å². The molecule has 0 fully saturated rings. The topological polar surface area (TPSA) is 84.5 Å². The summed E-state index contributed by atoms with van der Waals surface area (Å²) in [5.41, 5.74) is 2.15. The van der Waals surface area contributed by atoms with E-state index >= 15 is 0 Å². The van der Waals surface area contributed by atoms with Gasteiger partial charge in [-0.25, -0.2) is 0 Å². The number of azo groups is 1. The summed E-state index contributed by atoms with van der Waals surface area (Å²) >= 11 is 7.51. The molecule has 4 aromatic rings. The quantitative estimate of drug-likeness (QED) is 0.360. The number of hydrogen-bond donors (Lipinski definition) is 2. The fourth-order valence-corrected chi connectivity index (χ4v) is 3.85. The second-order valence-corrected chi connectivity index (χ2v) is 7.47. The van der Waals surface area contributed by atoms with Crippen molar-refractivity contribution in [1.29, 1.82) is 5.26 Å². The highest BCUT2D eigenvalue weighted by atomic mass is 35.5. The molecule has 0 radical (unpaired) electrons. The van der Waals surface area contributed by atoms with E-state index in [2.05, 4.69) is 21.3 Å². The lowest BCUT2D eigenvalue weighted by atomic mass is 10.2. The van der Waals surface area contributed by atoms with Gasteiger partial charge < -0.3 is 10.1 Å². The highest BCUT2D eigenvalue weighted by Crippen LogP contribution is 2.43. The molecular weight excluding hydrogens is 392 g/mol. The van der Waals surface area contributed by atoms with E-state index in [1.807, 2.05) is 42.5 Å². The molecule has 0 spiro atoms. The Morgan fingerprint density at radius 1 is 1.00 bits per heavy atom. The number of fused-ring (bicyclic) bond motifs is 1. The number of hydrogen-bond acceptors (Lipinski definition) is 5. The van der Waals surface area contributed by atoms with E-state index in [1.165, 1.54) is 0 Å². The minimum atomic E-state index is -0.0562. The number of nitriles is 1. The molecule has 1 aromatic heterocycles. The Morgan fingerprint density at radius 2 is 1.79 bits per heavy atom. The van der Waals surface area contributed by atoms with Crippen molar-refractivity contribution in [3.63, 3.8) is 0 Å². The molecule has 136 valence electrons. The minimum Gasteiger partial charge on any atom is -0.493 e. The Balaban J connectivity index is 1.76. The first-order valence-electron chi connectivity index (χ1n) is 8.33. The lowest BCUT2D eigenvalue weighted by molar-refractivity contribution is 0.459. The van der Waals surface area contributed by atoms with E-state index in [-0.39, 0.29) is 5.88 Å². The number of aromatic amines is 1. The van der Waals surface area contributed by atoms with E-state index in [0.717, 1.165) is 20.7 Å². The van der Waals surface area contributed by atoms with Gasteiger partial charge in [-0.1, -0.05) is 35.5 Å². The predicted octanol–water partition coefficient (Wildman–Crippen LogP) is 6.97. The summed E-state index contributed by atoms with van der Waals surface area (Å²) in [6, 6.07) is 22.2. The van der Waals surface area contributed by atoms with Crippen molar-refractivity contribution >= 4 is 45.6 Å². The summed E-state index contributed by atoms with van der Waals surface area (Å²) in [4.78, 5) is 4.88. The molecule has 7 heteroatoms. The van der Waals surface area contributed by atoms with E-state index in [9.17, 15) is 5.11 Å². The number of aromatic nitrogens is 1. The number of halogens is 1. The molecule has 2 N–H and O–H groups in total. The minimum absolute atomic E-state index is 0.0562. The Hall–Kier alpha value is -3.27. The zero-order valence-electron chi connectivity index (χ0n) is 14.4. The Labute approximate surface area is 170 Å². The average molecular weight is 405 g/mol. The monoisotopic (exact) mass is 404 g/mol. The van der Waals surface area contributed by atoms with Gasteiger partial charge in [-0.05, 0) is 54.6 Å². The van der Waals surface area contributed by atoms with Crippen molar-refractivity contribution in [2.45, 2.75) is 9.79 Å². The van der Waals surface area contributed by atoms with Gasteiger partial charge in [-0.15, -0.1) is 5.11 Å². The second kappa shape index (κ2) is 7.77. The summed E-state index contributed by atoms with van der Waals surface area (Å²) in [5, 5.41) is 29.3. The fraction of sp³-hybridized carbons (Fsp3) is 0. The molecule has 0 aliphatic carbocycles. The lowest BCUT2D eigenvalue weighted by Gasteiger charge is -2.04. The first kappa shape index (κ1) is 18.1. The summed E-state index contributed by atoms with van der Waals surface area (Å²) in [5.74, 6) is -0.0562. The van der Waals surface area contributed by atoms with Crippen LogP contribution in [-0.2, 0) is 0 Å². The van der Waals surface area contributed by atoms with Gasteiger partial charge in [0, 0.05) is 20.2 Å². The van der Waals surface area contributed by atoms with Gasteiger partial charge >= 0.3 is 0 Å². The van der Waals surface area contributed by atoms with Crippen LogP contribution < -0.4 is 0 Å². The van der Waals surface area contributed by atoms with E-state index in [0.29, 0.717) is 22.0 Å². The van der Waals surface area contributed by atoms with Crippen LogP contribution in [0.4, 0.5) is 11.4 Å². The first-order valence-corrected chi connectivity index (χ1v) is 9.52. The molecule has 1 heterocycles. The third-order valence-corrected chi connectivity index (χ3v) is 5.34. The highest BCUT2D eigenvalue weighted by molar-refractivity contribution is 7.99. The normalized spacial score (nSPS) is 11.1. The first-order chi connectivity index (χ1) is 13.6. The maximum atomic E-state index is 10.4. The van der Waals surface area contributed by atoms with Crippen LogP contribution in [0.15, 0.2) is 86.7 Å². The summed E-state index contributed by atoms with van der Waals surface area (Å²) in [6.45, 7) is 0. The van der Waals surface area contributed by atoms with Crippen LogP contribution in [0.5, 0.6) is 5.88 Å². The van der Waals surface area contributed by atoms with Gasteiger partial charge in [0.05, 0.1) is 22.8 Å². The predicted molar refractivity (Wildman–Crippen MR) is 111 cm³/mol. The van der Waals surface area contributed by atoms with Crippen molar-refractivity contribution in [1.82, 2.24) is 4.98 Å². The molecule has 3 aromatic carbocycles. The number of aromatic hydroxyl groups is 1. The Bertz CT molecular complexity index is 1230. The number of benzene rings is 3. The molecule has 0 aliphatic rings. The SMILES string of the molecule is N#Cc1cccc(N=Nc2c(O)[nH]c3cccc(Sc4ccc(Cl)cc4)c23)c1. The van der Waals surface area contributed by atoms with Crippen molar-refractivity contribution in [2.24, 2.45) is 10.2 Å². The van der Waals surface area contributed by atoms with Gasteiger partial charge in [0.25, 0.3) is 0 Å². The molecule has 28 heavy (non-hydrogen) atoms. The number of nitrogens with zero attached hydrogens (tertiary/aromatic N) is 3. The zero-order chi connectivity index (χ0) is 19.5. The molecule has 5 nitrogen and oxygen atoms in total. The molecule has 4 rings (SSSR count). The second-order valence-electron chi connectivity index (χ2n) is 5.92. The molecule has 0 saturated carbocycles. The van der Waals surface area contributed by atoms with Crippen molar-refractivity contribution < 1.29 is 5.11 Å². The van der Waals surface area contributed by atoms with Gasteiger partial charge in [0.2, 0.25) is 5.88 Å². The maximum Gasteiger partial charge on any atom is 0.218 e. The van der Waals surface area contributed by atoms with Crippen LogP contribution in [0.2, 0.25) is 5.02 Å². The zero-order valence-corrected chi connectivity index (χ0v) is 16.0. The summed E-state index contributed by atoms with van der Waals surface area (Å²) in [7, 11) is 0. The number of nitrogens with one attached hydrogen (secondary N) is 1. The van der Waals surface area contributed by atoms with Crippen molar-refractivity contribution in [3.8, 4) is 11.9 Å². The van der Waals surface area contributed by atoms with Crippen LogP contribution in [-0.4, -0.2) is 10.1 Å². The molecule has 0 atom stereocenters. The molecule has 0 aliphatic heterocycles. The van der Waals surface area contributed by atoms with Gasteiger partial charge in [0.1, 0.15) is 0 Å². The van der Waals surface area contributed by atoms with Gasteiger partial charge in [-0.2, -0.15) is 10.4 Å². The van der Waals surface area contributed by atoms with Crippen LogP contribution in [0.25, 0.3) is 10.9 Å². The smallest absolute Gasteiger partial charge is 0.218 e. The van der Waals surface area contributed by atoms with Crippen molar-refractivity contribution in [3.05, 3.63) is 77.3 Å². The maximum absolute atomic E-state index is 10.4. The van der Waals surface area contributed by atoms with E-state index in [4.69, 9.17) is 16.9 Å². The third kappa shape index (κ3) is 3.72. The molecular formula is C21H13ClN4OS. The van der Waals surface area contributed by atoms with Gasteiger partial charge in [-0.3, -0.25) is 0 Å². The summed E-state index contributed by atoms with van der Waals surface area (Å²) < 4.78 is 0. The summed E-state index contributed by atoms with van der Waals surface area (Å²) in [6.07, 6.45) is 0. The Morgan fingerprint density at radius 3 is 2.57 bits per heavy atom. The van der Waals surface area contributed by atoms with Gasteiger partial charge in [0.15, 0.2) is 5.69 Å². The van der Waals surface area contributed by atoms with Crippen LogP contribution in [0, 0.1) is 11.3 Å². The largest absolute Gasteiger partial charge is 0.493 e. The Kier molecular flexibility index (Phi) is 5.02. The molecule has 0 saturated heterocycles. The van der Waals surface area contributed by atoms with E-state index in [1.54, 1.807) is 36.0 Å². The molecule has 0 bridgehead atoms. The molecule has 0 unspecified atom stereocenters. The van der Waals surface area contributed by atoms with Crippen LogP contribution in [0.3, 0.4) is 0 Å². The van der Waals surface area contributed by atoms with E-state index < -0.39 is 0 Å². The average Bonchev–Trinajstić information content (AvgIpc) is 3.04. The number of H-pyrrole nitrogens is 1. The standard InChI is InChI=1S/C21H13ClN4OS/c22-14-7-9-16(10-8-14)28-18-6-2-5-17-19(18)20(21(27)24-17)26-25-15-4-1-3-13(11-15)12-23/h1-11,24,27H. The fourth-order valence-electron chi connectivity index (χ4n) is 2.74. The number of rotatable bonds is 4. The lowest BCUT2D eigenvalue weighted by Crippen LogP contribution is -1.76. The van der Waals surface area contributed by atoms with Crippen LogP contribution in [0.1, 0.15) is 5.56 Å². The van der Waals surface area contributed by atoms with Crippen molar-refractivity contribution in [2.75, 3.05) is 0 Å².